The smallest absolute Gasteiger partial charge is 0.303 e. The Kier molecular flexibility index (Phi) is 7.95. The highest BCUT2D eigenvalue weighted by molar-refractivity contribution is 5.66. The number of rotatable bonds is 9. The largest absolute Gasteiger partial charge is 0.458 e. The van der Waals surface area contributed by atoms with Crippen molar-refractivity contribution in [3.8, 4) is 0 Å². The average Bonchev–Trinajstić information content (AvgIpc) is 2.52. The molecular weight excluding hydrogens is 296 g/mol. The Bertz CT molecular complexity index is 499. The number of carbonyl (C=O) groups is 1. The Hall–Kier alpha value is -1.69. The van der Waals surface area contributed by atoms with Gasteiger partial charge in [-0.3, -0.25) is 4.79 Å². The number of aliphatic hydroxyl groups excluding tert-OH is 1. The third-order valence-corrected chi connectivity index (χ3v) is 3.58. The number of hydrogen-bond donors (Lipinski definition) is 1. The molecule has 0 spiro atoms. The van der Waals surface area contributed by atoms with Gasteiger partial charge in [0.05, 0.1) is 6.61 Å². The molecule has 23 heavy (non-hydrogen) atoms. The molecule has 0 amide bonds. The third-order valence-electron chi connectivity index (χ3n) is 3.58. The van der Waals surface area contributed by atoms with E-state index in [1.807, 2.05) is 37.3 Å². The summed E-state index contributed by atoms with van der Waals surface area (Å²) < 4.78 is 16.2. The molecule has 1 N–H and O–H groups in total. The molecule has 1 rings (SSSR count). The van der Waals surface area contributed by atoms with Gasteiger partial charge in [0.1, 0.15) is 12.2 Å². The van der Waals surface area contributed by atoms with Crippen LogP contribution >= 0.6 is 0 Å². The van der Waals surface area contributed by atoms with Crippen LogP contribution in [0.3, 0.4) is 0 Å². The van der Waals surface area contributed by atoms with Crippen LogP contribution in [-0.2, 0) is 25.6 Å². The van der Waals surface area contributed by atoms with Crippen LogP contribution < -0.4 is 0 Å². The molecule has 0 aliphatic rings. The van der Waals surface area contributed by atoms with E-state index in [4.69, 9.17) is 14.2 Å². The van der Waals surface area contributed by atoms with Gasteiger partial charge in [0, 0.05) is 20.0 Å². The summed E-state index contributed by atoms with van der Waals surface area (Å²) >= 11 is 0. The van der Waals surface area contributed by atoms with E-state index in [9.17, 15) is 9.90 Å². The fourth-order valence-electron chi connectivity index (χ4n) is 2.40. The summed E-state index contributed by atoms with van der Waals surface area (Å²) in [5, 5.41) is 10.1. The summed E-state index contributed by atoms with van der Waals surface area (Å²) in [6.07, 6.45) is -2.36. The molecule has 1 aromatic rings. The van der Waals surface area contributed by atoms with E-state index in [1.54, 1.807) is 6.92 Å². The molecular formula is C18H26O5. The molecule has 0 aliphatic carbocycles. The maximum absolute atomic E-state index is 11.3. The van der Waals surface area contributed by atoms with E-state index in [0.29, 0.717) is 12.2 Å². The van der Waals surface area contributed by atoms with Crippen LogP contribution in [0, 0.1) is 5.92 Å². The number of methoxy groups -OCH3 is 1. The van der Waals surface area contributed by atoms with Crippen molar-refractivity contribution in [1.29, 1.82) is 0 Å². The van der Waals surface area contributed by atoms with Gasteiger partial charge in [-0.25, -0.2) is 0 Å². The van der Waals surface area contributed by atoms with Crippen LogP contribution in [0.25, 0.3) is 0 Å². The van der Waals surface area contributed by atoms with E-state index in [-0.39, 0.29) is 5.92 Å². The van der Waals surface area contributed by atoms with E-state index in [1.165, 1.54) is 14.0 Å². The Labute approximate surface area is 137 Å². The van der Waals surface area contributed by atoms with Gasteiger partial charge in [0.2, 0.25) is 0 Å². The molecule has 0 aliphatic heterocycles. The van der Waals surface area contributed by atoms with Crippen LogP contribution in [0.4, 0.5) is 0 Å². The fraction of sp³-hybridized carbons (Fsp3) is 0.500. The maximum atomic E-state index is 11.3. The molecule has 128 valence electrons. The minimum absolute atomic E-state index is 0.319. The van der Waals surface area contributed by atoms with Gasteiger partial charge in [-0.15, -0.1) is 0 Å². The molecule has 0 aromatic heterocycles. The minimum atomic E-state index is -1.13. The molecule has 5 nitrogen and oxygen atoms in total. The first-order valence-corrected chi connectivity index (χ1v) is 7.55. The van der Waals surface area contributed by atoms with E-state index >= 15 is 0 Å². The highest BCUT2D eigenvalue weighted by Crippen LogP contribution is 2.24. The maximum Gasteiger partial charge on any atom is 0.303 e. The minimum Gasteiger partial charge on any atom is -0.458 e. The zero-order valence-electron chi connectivity index (χ0n) is 14.2. The second kappa shape index (κ2) is 9.45. The van der Waals surface area contributed by atoms with Crippen LogP contribution in [0.1, 0.15) is 26.3 Å². The normalized spacial score (nSPS) is 16.2. The van der Waals surface area contributed by atoms with Gasteiger partial charge in [-0.2, -0.15) is 0 Å². The van der Waals surface area contributed by atoms with Crippen LogP contribution in [-0.4, -0.2) is 36.7 Å². The molecule has 3 unspecified atom stereocenters. The van der Waals surface area contributed by atoms with Crippen molar-refractivity contribution in [3.63, 3.8) is 0 Å². The summed E-state index contributed by atoms with van der Waals surface area (Å²) in [7, 11) is 1.40. The first-order chi connectivity index (χ1) is 10.9. The first kappa shape index (κ1) is 19.4. The van der Waals surface area contributed by atoms with Crippen molar-refractivity contribution >= 4 is 5.97 Å². The molecule has 4 atom stereocenters. The Morgan fingerprint density at radius 2 is 1.87 bits per heavy atom. The highest BCUT2D eigenvalue weighted by atomic mass is 16.6. The number of carbonyl (C=O) groups excluding carboxylic acids is 1. The second-order valence-electron chi connectivity index (χ2n) is 5.62. The molecule has 5 heteroatoms. The fourth-order valence-corrected chi connectivity index (χ4v) is 2.40. The topological polar surface area (TPSA) is 65.0 Å². The van der Waals surface area contributed by atoms with Gasteiger partial charge < -0.3 is 19.3 Å². The zero-order chi connectivity index (χ0) is 17.4. The Morgan fingerprint density at radius 3 is 2.35 bits per heavy atom. The van der Waals surface area contributed by atoms with E-state index in [2.05, 4.69) is 6.58 Å². The number of benzene rings is 1. The number of esters is 1. The SMILES string of the molecule is C=C(C)[C@H](OC(C)=O)C(C)C(OCc1ccccc1)C(O)OC. The van der Waals surface area contributed by atoms with Crippen LogP contribution in [0.5, 0.6) is 0 Å². The lowest BCUT2D eigenvalue weighted by Crippen LogP contribution is -2.43. The lowest BCUT2D eigenvalue weighted by atomic mass is 9.93. The van der Waals surface area contributed by atoms with Crippen molar-refractivity contribution in [2.24, 2.45) is 5.92 Å². The second-order valence-corrected chi connectivity index (χ2v) is 5.62. The quantitative estimate of drug-likeness (QED) is 0.430. The predicted molar refractivity (Wildman–Crippen MR) is 87.6 cm³/mol. The van der Waals surface area contributed by atoms with Crippen molar-refractivity contribution < 1.29 is 24.1 Å². The lowest BCUT2D eigenvalue weighted by molar-refractivity contribution is -0.196. The molecule has 0 bridgehead atoms. The summed E-state index contributed by atoms with van der Waals surface area (Å²) in [6, 6.07) is 9.62. The summed E-state index contributed by atoms with van der Waals surface area (Å²) in [5.74, 6) is -0.728. The Balaban J connectivity index is 2.86. The van der Waals surface area contributed by atoms with Crippen molar-refractivity contribution in [2.75, 3.05) is 7.11 Å². The standard InChI is InChI=1S/C18H26O5/c1-12(2)16(23-14(4)19)13(3)17(18(20)21-5)22-11-15-9-7-6-8-10-15/h6-10,13,16-18,20H,1,11H2,2-5H3/t13?,16-,17?,18?/m0/s1. The first-order valence-electron chi connectivity index (χ1n) is 7.55. The summed E-state index contributed by atoms with van der Waals surface area (Å²) in [5.41, 5.74) is 1.66. The Morgan fingerprint density at radius 1 is 1.26 bits per heavy atom. The van der Waals surface area contributed by atoms with Gasteiger partial charge in [0.25, 0.3) is 0 Å². The monoisotopic (exact) mass is 322 g/mol. The molecule has 0 saturated carbocycles. The van der Waals surface area contributed by atoms with E-state index in [0.717, 1.165) is 5.56 Å². The predicted octanol–water partition coefficient (Wildman–Crippen LogP) is 2.68. The number of hydrogen-bond acceptors (Lipinski definition) is 5. The molecule has 1 aromatic carbocycles. The van der Waals surface area contributed by atoms with Crippen molar-refractivity contribution in [1.82, 2.24) is 0 Å². The number of aliphatic hydroxyl groups is 1. The van der Waals surface area contributed by atoms with Gasteiger partial charge >= 0.3 is 5.97 Å². The van der Waals surface area contributed by atoms with Gasteiger partial charge in [-0.05, 0) is 18.1 Å². The van der Waals surface area contributed by atoms with Gasteiger partial charge in [0.15, 0.2) is 6.29 Å². The van der Waals surface area contributed by atoms with Crippen LogP contribution in [0.2, 0.25) is 0 Å². The average molecular weight is 322 g/mol. The molecule has 0 fully saturated rings. The third kappa shape index (κ3) is 6.14. The van der Waals surface area contributed by atoms with Crippen LogP contribution in [0.15, 0.2) is 42.5 Å². The molecule has 0 saturated heterocycles. The lowest BCUT2D eigenvalue weighted by Gasteiger charge is -2.33. The molecule has 0 heterocycles. The zero-order valence-corrected chi connectivity index (χ0v) is 14.2. The van der Waals surface area contributed by atoms with E-state index < -0.39 is 24.5 Å². The summed E-state index contributed by atoms with van der Waals surface area (Å²) in [4.78, 5) is 11.3. The van der Waals surface area contributed by atoms with Crippen molar-refractivity contribution in [2.45, 2.75) is 45.9 Å². The highest BCUT2D eigenvalue weighted by Gasteiger charge is 2.34. The number of ether oxygens (including phenoxy) is 3. The molecule has 0 radical (unpaired) electrons. The van der Waals surface area contributed by atoms with Crippen molar-refractivity contribution in [3.05, 3.63) is 48.0 Å². The summed E-state index contributed by atoms with van der Waals surface area (Å²) in [6.45, 7) is 9.13. The van der Waals surface area contributed by atoms with Gasteiger partial charge in [-0.1, -0.05) is 43.8 Å².